The number of hydrogen-bond donors (Lipinski definition) is 4. The van der Waals surface area contributed by atoms with Gasteiger partial charge in [-0.15, -0.1) is 0 Å². The highest BCUT2D eigenvalue weighted by molar-refractivity contribution is 5.54. The number of hydrogen-bond acceptors (Lipinski definition) is 4. The highest BCUT2D eigenvalue weighted by Gasteiger charge is 2.36. The van der Waals surface area contributed by atoms with Gasteiger partial charge in [0.1, 0.15) is 11.5 Å². The van der Waals surface area contributed by atoms with Gasteiger partial charge in [0.15, 0.2) is 0 Å². The summed E-state index contributed by atoms with van der Waals surface area (Å²) in [5.41, 5.74) is 5.70. The van der Waals surface area contributed by atoms with Crippen molar-refractivity contribution in [2.75, 3.05) is 13.2 Å². The van der Waals surface area contributed by atoms with Crippen LogP contribution in [0.2, 0.25) is 0 Å². The van der Waals surface area contributed by atoms with Gasteiger partial charge in [0, 0.05) is 30.3 Å². The quantitative estimate of drug-likeness (QED) is 0.388. The van der Waals surface area contributed by atoms with E-state index in [2.05, 4.69) is 26.0 Å². The molecule has 0 radical (unpaired) electrons. The van der Waals surface area contributed by atoms with E-state index in [1.165, 1.54) is 0 Å². The molecular weight excluding hydrogens is 412 g/mol. The minimum absolute atomic E-state index is 0.104. The summed E-state index contributed by atoms with van der Waals surface area (Å²) in [6, 6.07) is 8.23. The van der Waals surface area contributed by atoms with Crippen LogP contribution in [0.15, 0.2) is 24.3 Å². The molecule has 182 valence electrons. The smallest absolute Gasteiger partial charge is 0.122 e. The molecule has 0 heterocycles. The van der Waals surface area contributed by atoms with Crippen molar-refractivity contribution in [3.63, 3.8) is 0 Å². The molecule has 2 aromatic rings. The molecule has 3 unspecified atom stereocenters. The lowest BCUT2D eigenvalue weighted by molar-refractivity contribution is 0.184. The Labute approximate surface area is 199 Å². The van der Waals surface area contributed by atoms with Crippen LogP contribution in [0.25, 0.3) is 0 Å². The van der Waals surface area contributed by atoms with Gasteiger partial charge in [-0.25, -0.2) is 0 Å². The first-order chi connectivity index (χ1) is 15.8. The Kier molecular flexibility index (Phi) is 8.83. The lowest BCUT2D eigenvalue weighted by atomic mass is 9.65. The molecule has 0 bridgehead atoms. The summed E-state index contributed by atoms with van der Waals surface area (Å²) in [4.78, 5) is 0. The van der Waals surface area contributed by atoms with Gasteiger partial charge < -0.3 is 20.4 Å². The molecule has 1 aliphatic rings. The zero-order valence-electron chi connectivity index (χ0n) is 20.8. The number of rotatable bonds is 9. The van der Waals surface area contributed by atoms with Crippen molar-refractivity contribution in [1.82, 2.24) is 0 Å². The van der Waals surface area contributed by atoms with Gasteiger partial charge in [-0.3, -0.25) is 0 Å². The summed E-state index contributed by atoms with van der Waals surface area (Å²) in [6.07, 6.45) is 6.26. The Morgan fingerprint density at radius 2 is 1.27 bits per heavy atom. The Morgan fingerprint density at radius 3 is 1.70 bits per heavy atom. The second-order valence-electron chi connectivity index (χ2n) is 10.4. The monoisotopic (exact) mass is 454 g/mol. The fraction of sp³-hybridized carbons (Fsp3) is 0.586. The third-order valence-electron chi connectivity index (χ3n) is 7.62. The lowest BCUT2D eigenvalue weighted by Crippen LogP contribution is -2.28. The fourth-order valence-electron chi connectivity index (χ4n) is 5.91. The number of phenols is 2. The van der Waals surface area contributed by atoms with Gasteiger partial charge in [0.05, 0.1) is 0 Å². The van der Waals surface area contributed by atoms with Gasteiger partial charge in [-0.2, -0.15) is 0 Å². The summed E-state index contributed by atoms with van der Waals surface area (Å²) in [7, 11) is 0. The summed E-state index contributed by atoms with van der Waals surface area (Å²) in [5.74, 6) is 2.01. The van der Waals surface area contributed by atoms with E-state index >= 15 is 0 Å². The first-order valence-corrected chi connectivity index (χ1v) is 12.6. The number of aromatic hydroxyl groups is 2. The standard InChI is InChI=1S/C29H42O4/c1-18-9-10-24(19(2)13-18)27(25-16-22(7-5-11-30)14-20(3)28(25)32)26-17-23(8-6-12-31)15-21(4)29(26)33/h14-19,24,27,30-33H,5-13H2,1-4H3. The first kappa shape index (κ1) is 25.6. The van der Waals surface area contributed by atoms with E-state index in [4.69, 9.17) is 0 Å². The molecule has 1 fully saturated rings. The molecule has 4 heteroatoms. The van der Waals surface area contributed by atoms with Crippen molar-refractivity contribution < 1.29 is 20.4 Å². The zero-order chi connectivity index (χ0) is 24.1. The summed E-state index contributed by atoms with van der Waals surface area (Å²) in [6.45, 7) is 8.79. The molecule has 4 nitrogen and oxygen atoms in total. The summed E-state index contributed by atoms with van der Waals surface area (Å²) >= 11 is 0. The van der Waals surface area contributed by atoms with E-state index < -0.39 is 0 Å². The molecular formula is C29H42O4. The van der Waals surface area contributed by atoms with Crippen LogP contribution in [0.5, 0.6) is 11.5 Å². The molecule has 33 heavy (non-hydrogen) atoms. The molecule has 0 aromatic heterocycles. The Balaban J connectivity index is 2.19. The predicted molar refractivity (Wildman–Crippen MR) is 134 cm³/mol. The first-order valence-electron chi connectivity index (χ1n) is 12.6. The normalized spacial score (nSPS) is 21.0. The maximum atomic E-state index is 11.3. The van der Waals surface area contributed by atoms with Crippen molar-refractivity contribution in [1.29, 1.82) is 0 Å². The van der Waals surface area contributed by atoms with E-state index in [0.29, 0.717) is 42.1 Å². The van der Waals surface area contributed by atoms with Crippen molar-refractivity contribution >= 4 is 0 Å². The number of aliphatic hydroxyl groups is 2. The van der Waals surface area contributed by atoms with Crippen molar-refractivity contribution in [2.24, 2.45) is 17.8 Å². The van der Waals surface area contributed by atoms with E-state index in [0.717, 1.165) is 65.5 Å². The van der Waals surface area contributed by atoms with Crippen LogP contribution in [0.1, 0.15) is 85.3 Å². The molecule has 1 saturated carbocycles. The van der Waals surface area contributed by atoms with Crippen LogP contribution in [-0.2, 0) is 12.8 Å². The number of phenolic OH excluding ortho intramolecular Hbond substituents is 2. The Bertz CT molecular complexity index is 872. The minimum Gasteiger partial charge on any atom is -0.507 e. The summed E-state index contributed by atoms with van der Waals surface area (Å²) < 4.78 is 0. The Hall–Kier alpha value is -2.04. The number of aliphatic hydroxyl groups excluding tert-OH is 2. The van der Waals surface area contributed by atoms with Crippen LogP contribution >= 0.6 is 0 Å². The van der Waals surface area contributed by atoms with Crippen LogP contribution in [0.4, 0.5) is 0 Å². The molecule has 2 aromatic carbocycles. The van der Waals surface area contributed by atoms with Gasteiger partial charge in [-0.1, -0.05) is 44.5 Å². The topological polar surface area (TPSA) is 80.9 Å². The third-order valence-corrected chi connectivity index (χ3v) is 7.62. The van der Waals surface area contributed by atoms with Crippen LogP contribution in [0, 0.1) is 31.6 Å². The maximum absolute atomic E-state index is 11.3. The van der Waals surface area contributed by atoms with Crippen molar-refractivity contribution in [2.45, 2.75) is 78.6 Å². The highest BCUT2D eigenvalue weighted by Crippen LogP contribution is 2.50. The maximum Gasteiger partial charge on any atom is 0.122 e. The van der Waals surface area contributed by atoms with Crippen LogP contribution in [0.3, 0.4) is 0 Å². The predicted octanol–water partition coefficient (Wildman–Crippen LogP) is 5.77. The van der Waals surface area contributed by atoms with Crippen LogP contribution in [-0.4, -0.2) is 33.6 Å². The fourth-order valence-corrected chi connectivity index (χ4v) is 5.91. The van der Waals surface area contributed by atoms with Crippen LogP contribution < -0.4 is 0 Å². The van der Waals surface area contributed by atoms with Gasteiger partial charge in [-0.05, 0) is 92.4 Å². The highest BCUT2D eigenvalue weighted by atomic mass is 16.3. The molecule has 1 aliphatic carbocycles. The minimum atomic E-state index is -0.104. The largest absolute Gasteiger partial charge is 0.507 e. The molecule has 0 amide bonds. The summed E-state index contributed by atoms with van der Waals surface area (Å²) in [5, 5.41) is 41.2. The average molecular weight is 455 g/mol. The molecule has 4 N–H and O–H groups in total. The van der Waals surface area contributed by atoms with E-state index in [1.54, 1.807) is 0 Å². The molecule has 3 atom stereocenters. The second-order valence-corrected chi connectivity index (χ2v) is 10.4. The van der Waals surface area contributed by atoms with Gasteiger partial charge in [0.25, 0.3) is 0 Å². The van der Waals surface area contributed by atoms with Gasteiger partial charge in [0.2, 0.25) is 0 Å². The average Bonchev–Trinajstić information content (AvgIpc) is 2.78. The van der Waals surface area contributed by atoms with E-state index in [1.807, 2.05) is 26.0 Å². The second kappa shape index (κ2) is 11.4. The SMILES string of the molecule is Cc1cc(CCCO)cc(C(c2cc(CCCO)cc(C)c2O)C2CCC(C)CC2C)c1O. The zero-order valence-corrected chi connectivity index (χ0v) is 20.8. The molecule has 3 rings (SSSR count). The van der Waals surface area contributed by atoms with Crippen molar-refractivity contribution in [3.05, 3.63) is 57.6 Å². The molecule has 0 aliphatic heterocycles. The Morgan fingerprint density at radius 1 is 0.788 bits per heavy atom. The number of aryl methyl sites for hydroxylation is 4. The van der Waals surface area contributed by atoms with E-state index in [9.17, 15) is 20.4 Å². The number of benzene rings is 2. The molecule has 0 saturated heterocycles. The van der Waals surface area contributed by atoms with E-state index in [-0.39, 0.29) is 19.1 Å². The van der Waals surface area contributed by atoms with Gasteiger partial charge >= 0.3 is 0 Å². The lowest BCUT2D eigenvalue weighted by Gasteiger charge is -2.39. The third kappa shape index (κ3) is 5.91. The van der Waals surface area contributed by atoms with Crippen molar-refractivity contribution in [3.8, 4) is 11.5 Å². The molecule has 0 spiro atoms.